The minimum Gasteiger partial charge on any atom is -0.330 e. The van der Waals surface area contributed by atoms with Gasteiger partial charge in [0.2, 0.25) is 0 Å². The van der Waals surface area contributed by atoms with Crippen LogP contribution in [-0.2, 0) is 23.6 Å². The van der Waals surface area contributed by atoms with Gasteiger partial charge in [-0.3, -0.25) is 8.89 Å². The Morgan fingerprint density at radius 1 is 1.62 bits per heavy atom. The standard InChI is InChI=1S/C10H18ClN3OS/c1-7(4-5-12)16(15)6-9-10(11)8(2)13-14(9)3/h7H,4-6,12H2,1-3H3. The van der Waals surface area contributed by atoms with Gasteiger partial charge in [0.05, 0.1) is 22.2 Å². The Balaban J connectivity index is 2.77. The van der Waals surface area contributed by atoms with Gasteiger partial charge in [0.15, 0.2) is 0 Å². The highest BCUT2D eigenvalue weighted by atomic mass is 35.5. The first-order valence-corrected chi connectivity index (χ1v) is 6.98. The molecule has 0 saturated carbocycles. The molecule has 2 unspecified atom stereocenters. The van der Waals surface area contributed by atoms with Crippen molar-refractivity contribution >= 4 is 22.4 Å². The van der Waals surface area contributed by atoms with Crippen LogP contribution in [0, 0.1) is 6.92 Å². The molecule has 0 radical (unpaired) electrons. The van der Waals surface area contributed by atoms with Crippen LogP contribution in [0.15, 0.2) is 0 Å². The van der Waals surface area contributed by atoms with E-state index in [2.05, 4.69) is 5.10 Å². The van der Waals surface area contributed by atoms with Crippen LogP contribution in [0.25, 0.3) is 0 Å². The third kappa shape index (κ3) is 3.06. The Labute approximate surface area is 104 Å². The lowest BCUT2D eigenvalue weighted by Gasteiger charge is -2.10. The van der Waals surface area contributed by atoms with Gasteiger partial charge in [-0.15, -0.1) is 0 Å². The highest BCUT2D eigenvalue weighted by Crippen LogP contribution is 2.21. The minimum absolute atomic E-state index is 0.0938. The number of aromatic nitrogens is 2. The van der Waals surface area contributed by atoms with Crippen molar-refractivity contribution in [3.8, 4) is 0 Å². The number of nitrogens with zero attached hydrogens (tertiary/aromatic N) is 2. The minimum atomic E-state index is -0.948. The SMILES string of the molecule is Cc1nn(C)c(CS(=O)C(C)CCN)c1Cl. The molecule has 0 amide bonds. The molecule has 0 bridgehead atoms. The van der Waals surface area contributed by atoms with Gasteiger partial charge < -0.3 is 5.73 Å². The summed E-state index contributed by atoms with van der Waals surface area (Å²) >= 11 is 6.10. The smallest absolute Gasteiger partial charge is 0.0856 e. The van der Waals surface area contributed by atoms with Crippen molar-refractivity contribution in [3.05, 3.63) is 16.4 Å². The molecule has 0 spiro atoms. The van der Waals surface area contributed by atoms with E-state index in [1.54, 1.807) is 4.68 Å². The summed E-state index contributed by atoms with van der Waals surface area (Å²) in [5.74, 6) is 0.442. The lowest BCUT2D eigenvalue weighted by Crippen LogP contribution is -2.18. The number of aryl methyl sites for hydroxylation is 2. The summed E-state index contributed by atoms with van der Waals surface area (Å²) in [6.45, 7) is 4.35. The first kappa shape index (κ1) is 13.7. The molecule has 92 valence electrons. The highest BCUT2D eigenvalue weighted by molar-refractivity contribution is 7.84. The molecule has 0 saturated heterocycles. The maximum atomic E-state index is 12.0. The van der Waals surface area contributed by atoms with Crippen molar-refractivity contribution < 1.29 is 4.21 Å². The molecule has 1 aromatic heterocycles. The van der Waals surface area contributed by atoms with Gasteiger partial charge in [0.25, 0.3) is 0 Å². The van der Waals surface area contributed by atoms with Crippen LogP contribution in [0.1, 0.15) is 24.7 Å². The first-order valence-electron chi connectivity index (χ1n) is 5.22. The summed E-state index contributed by atoms with van der Waals surface area (Å²) < 4.78 is 13.7. The van der Waals surface area contributed by atoms with Crippen LogP contribution < -0.4 is 5.73 Å². The van der Waals surface area contributed by atoms with Crippen molar-refractivity contribution in [2.75, 3.05) is 6.54 Å². The van der Waals surface area contributed by atoms with Gasteiger partial charge in [-0.05, 0) is 19.9 Å². The maximum Gasteiger partial charge on any atom is 0.0856 e. The lowest BCUT2D eigenvalue weighted by atomic mass is 10.3. The fourth-order valence-corrected chi connectivity index (χ4v) is 3.07. The topological polar surface area (TPSA) is 60.9 Å². The van der Waals surface area contributed by atoms with Crippen LogP contribution in [-0.4, -0.2) is 25.8 Å². The van der Waals surface area contributed by atoms with E-state index in [-0.39, 0.29) is 5.25 Å². The molecule has 0 aliphatic heterocycles. The number of hydrogen-bond acceptors (Lipinski definition) is 3. The third-order valence-corrected chi connectivity index (χ3v) is 4.75. The summed E-state index contributed by atoms with van der Waals surface area (Å²) in [5, 5.41) is 4.91. The van der Waals surface area contributed by atoms with Crippen LogP contribution in [0.5, 0.6) is 0 Å². The number of rotatable bonds is 5. The monoisotopic (exact) mass is 263 g/mol. The van der Waals surface area contributed by atoms with E-state index in [0.29, 0.717) is 17.3 Å². The summed E-state index contributed by atoms with van der Waals surface area (Å²) in [4.78, 5) is 0. The second-order valence-corrected chi connectivity index (χ2v) is 6.12. The normalized spacial score (nSPS) is 15.1. The Morgan fingerprint density at radius 2 is 2.25 bits per heavy atom. The molecule has 0 aromatic carbocycles. The van der Waals surface area contributed by atoms with Crippen LogP contribution in [0.2, 0.25) is 5.02 Å². The Morgan fingerprint density at radius 3 is 2.69 bits per heavy atom. The van der Waals surface area contributed by atoms with Crippen molar-refractivity contribution in [1.82, 2.24) is 9.78 Å². The van der Waals surface area contributed by atoms with Gasteiger partial charge in [0.1, 0.15) is 0 Å². The van der Waals surface area contributed by atoms with Crippen LogP contribution in [0.3, 0.4) is 0 Å². The first-order chi connectivity index (χ1) is 7.47. The fraction of sp³-hybridized carbons (Fsp3) is 0.700. The average molecular weight is 264 g/mol. The number of halogens is 1. The van der Waals surface area contributed by atoms with E-state index < -0.39 is 10.8 Å². The molecule has 1 aromatic rings. The Kier molecular flexibility index (Phi) is 4.95. The van der Waals surface area contributed by atoms with Gasteiger partial charge >= 0.3 is 0 Å². The predicted molar refractivity (Wildman–Crippen MR) is 67.9 cm³/mol. The molecule has 2 N–H and O–H groups in total. The van der Waals surface area contributed by atoms with Crippen LogP contribution >= 0.6 is 11.6 Å². The zero-order valence-electron chi connectivity index (χ0n) is 9.86. The maximum absolute atomic E-state index is 12.0. The summed E-state index contributed by atoms with van der Waals surface area (Å²) in [5.41, 5.74) is 7.06. The van der Waals surface area contributed by atoms with E-state index >= 15 is 0 Å². The zero-order chi connectivity index (χ0) is 12.3. The highest BCUT2D eigenvalue weighted by Gasteiger charge is 2.17. The molecule has 4 nitrogen and oxygen atoms in total. The number of nitrogens with two attached hydrogens (primary N) is 1. The molecule has 2 atom stereocenters. The van der Waals surface area contributed by atoms with E-state index in [1.165, 1.54) is 0 Å². The predicted octanol–water partition coefficient (Wildman–Crippen LogP) is 1.37. The quantitative estimate of drug-likeness (QED) is 0.873. The molecule has 1 rings (SSSR count). The van der Waals surface area contributed by atoms with Crippen molar-refractivity contribution in [1.29, 1.82) is 0 Å². The molecular formula is C10H18ClN3OS. The summed E-state index contributed by atoms with van der Waals surface area (Å²) in [7, 11) is 0.870. The molecule has 0 aliphatic rings. The summed E-state index contributed by atoms with van der Waals surface area (Å²) in [6.07, 6.45) is 0.765. The number of hydrogen-bond donors (Lipinski definition) is 1. The van der Waals surface area contributed by atoms with Gasteiger partial charge in [-0.1, -0.05) is 18.5 Å². The second kappa shape index (κ2) is 5.80. The second-order valence-electron chi connectivity index (χ2n) is 3.88. The van der Waals surface area contributed by atoms with Gasteiger partial charge in [-0.2, -0.15) is 5.10 Å². The van der Waals surface area contributed by atoms with Crippen molar-refractivity contribution in [2.24, 2.45) is 12.8 Å². The molecule has 0 aliphatic carbocycles. The largest absolute Gasteiger partial charge is 0.330 e. The average Bonchev–Trinajstić information content (AvgIpc) is 2.45. The van der Waals surface area contributed by atoms with E-state index in [0.717, 1.165) is 17.8 Å². The van der Waals surface area contributed by atoms with E-state index in [4.69, 9.17) is 17.3 Å². The Bertz CT molecular complexity index is 392. The van der Waals surface area contributed by atoms with Gasteiger partial charge in [0, 0.05) is 23.1 Å². The zero-order valence-corrected chi connectivity index (χ0v) is 11.4. The van der Waals surface area contributed by atoms with Crippen LogP contribution in [0.4, 0.5) is 0 Å². The lowest BCUT2D eigenvalue weighted by molar-refractivity contribution is 0.660. The van der Waals surface area contributed by atoms with Gasteiger partial charge in [-0.25, -0.2) is 0 Å². The molecular weight excluding hydrogens is 246 g/mol. The molecule has 1 heterocycles. The third-order valence-electron chi connectivity index (χ3n) is 2.56. The van der Waals surface area contributed by atoms with E-state index in [9.17, 15) is 4.21 Å². The fourth-order valence-electron chi connectivity index (χ4n) is 1.48. The molecule has 6 heteroatoms. The molecule has 16 heavy (non-hydrogen) atoms. The van der Waals surface area contributed by atoms with Crippen molar-refractivity contribution in [2.45, 2.75) is 31.3 Å². The summed E-state index contributed by atoms with van der Waals surface area (Å²) in [6, 6.07) is 0. The van der Waals surface area contributed by atoms with E-state index in [1.807, 2.05) is 20.9 Å². The van der Waals surface area contributed by atoms with Crippen molar-refractivity contribution in [3.63, 3.8) is 0 Å². The Hall–Kier alpha value is -0.390. The molecule has 0 fully saturated rings.